The van der Waals surface area contributed by atoms with Gasteiger partial charge in [0.25, 0.3) is 0 Å². The van der Waals surface area contributed by atoms with Crippen LogP contribution in [0.1, 0.15) is 64.2 Å². The average Bonchev–Trinajstić information content (AvgIpc) is 2.23. The SMILES string of the molecule is C1CCCC(NC2=NCCCC2)CCC1. The standard InChI is InChI=1S/C13H24N2/c1-2-4-8-12(9-5-3-1)15-13-10-6-7-11-14-13/h12H,1-11H2,(H,14,15). The second-order valence-electron chi connectivity index (χ2n) is 4.97. The minimum atomic E-state index is 0.724. The third kappa shape index (κ3) is 3.84. The van der Waals surface area contributed by atoms with E-state index in [9.17, 15) is 0 Å². The van der Waals surface area contributed by atoms with Crippen LogP contribution in [0.5, 0.6) is 0 Å². The summed E-state index contributed by atoms with van der Waals surface area (Å²) < 4.78 is 0. The molecule has 1 saturated carbocycles. The monoisotopic (exact) mass is 208 g/mol. The van der Waals surface area contributed by atoms with Crippen LogP contribution >= 0.6 is 0 Å². The molecule has 1 heterocycles. The molecule has 1 N–H and O–H groups in total. The summed E-state index contributed by atoms with van der Waals surface area (Å²) in [6.45, 7) is 1.05. The molecule has 2 heteroatoms. The summed E-state index contributed by atoms with van der Waals surface area (Å²) in [7, 11) is 0. The molecule has 1 fully saturated rings. The number of hydrogen-bond acceptors (Lipinski definition) is 2. The van der Waals surface area contributed by atoms with Crippen LogP contribution in [-0.4, -0.2) is 18.4 Å². The van der Waals surface area contributed by atoms with Gasteiger partial charge in [0.05, 0.1) is 5.84 Å². The van der Waals surface area contributed by atoms with E-state index in [2.05, 4.69) is 10.3 Å². The highest BCUT2D eigenvalue weighted by molar-refractivity contribution is 5.82. The van der Waals surface area contributed by atoms with Gasteiger partial charge in [-0.1, -0.05) is 32.1 Å². The van der Waals surface area contributed by atoms with Crippen LogP contribution in [0.4, 0.5) is 0 Å². The van der Waals surface area contributed by atoms with Crippen molar-refractivity contribution >= 4 is 5.84 Å². The Morgan fingerprint density at radius 3 is 2.27 bits per heavy atom. The van der Waals surface area contributed by atoms with Crippen molar-refractivity contribution in [2.24, 2.45) is 4.99 Å². The van der Waals surface area contributed by atoms with Gasteiger partial charge in [0.1, 0.15) is 0 Å². The quantitative estimate of drug-likeness (QED) is 0.702. The fraction of sp³-hybridized carbons (Fsp3) is 0.923. The maximum absolute atomic E-state index is 4.58. The lowest BCUT2D eigenvalue weighted by atomic mass is 9.96. The molecule has 0 unspecified atom stereocenters. The Kier molecular flexibility index (Phi) is 4.49. The van der Waals surface area contributed by atoms with Gasteiger partial charge in [-0.25, -0.2) is 0 Å². The largest absolute Gasteiger partial charge is 0.371 e. The van der Waals surface area contributed by atoms with E-state index in [1.807, 2.05) is 0 Å². The van der Waals surface area contributed by atoms with Crippen molar-refractivity contribution in [2.45, 2.75) is 70.3 Å². The highest BCUT2D eigenvalue weighted by Crippen LogP contribution is 2.17. The van der Waals surface area contributed by atoms with Gasteiger partial charge >= 0.3 is 0 Å². The van der Waals surface area contributed by atoms with E-state index >= 15 is 0 Å². The van der Waals surface area contributed by atoms with Gasteiger partial charge in [0, 0.05) is 19.0 Å². The highest BCUT2D eigenvalue weighted by Gasteiger charge is 2.13. The first-order chi connectivity index (χ1) is 7.45. The van der Waals surface area contributed by atoms with Crippen molar-refractivity contribution in [3.8, 4) is 0 Å². The molecular formula is C13H24N2. The molecule has 0 atom stereocenters. The molecule has 0 aromatic carbocycles. The Balaban J connectivity index is 1.78. The molecular weight excluding hydrogens is 184 g/mol. The minimum absolute atomic E-state index is 0.724. The normalized spacial score (nSPS) is 25.2. The molecule has 2 aliphatic rings. The summed E-state index contributed by atoms with van der Waals surface area (Å²) >= 11 is 0. The van der Waals surface area contributed by atoms with Crippen LogP contribution in [0, 0.1) is 0 Å². The van der Waals surface area contributed by atoms with E-state index < -0.39 is 0 Å². The second-order valence-corrected chi connectivity index (χ2v) is 4.97. The lowest BCUT2D eigenvalue weighted by Gasteiger charge is -2.24. The van der Waals surface area contributed by atoms with Gasteiger partial charge in [-0.3, -0.25) is 4.99 Å². The van der Waals surface area contributed by atoms with Crippen molar-refractivity contribution < 1.29 is 0 Å². The number of nitrogens with one attached hydrogen (secondary N) is 1. The van der Waals surface area contributed by atoms with E-state index in [1.54, 1.807) is 0 Å². The molecule has 0 bridgehead atoms. The molecule has 1 aliphatic heterocycles. The van der Waals surface area contributed by atoms with Crippen molar-refractivity contribution in [3.05, 3.63) is 0 Å². The fourth-order valence-corrected chi connectivity index (χ4v) is 2.65. The molecule has 86 valence electrons. The van der Waals surface area contributed by atoms with Gasteiger partial charge in [-0.15, -0.1) is 0 Å². The maximum Gasteiger partial charge on any atom is 0.0965 e. The number of rotatable bonds is 1. The lowest BCUT2D eigenvalue weighted by Crippen LogP contribution is -2.36. The van der Waals surface area contributed by atoms with E-state index in [-0.39, 0.29) is 0 Å². The summed E-state index contributed by atoms with van der Waals surface area (Å²) in [5.74, 6) is 1.30. The molecule has 0 aromatic heterocycles. The van der Waals surface area contributed by atoms with E-state index in [0.29, 0.717) is 0 Å². The van der Waals surface area contributed by atoms with Gasteiger partial charge < -0.3 is 5.32 Å². The summed E-state index contributed by atoms with van der Waals surface area (Å²) in [5.41, 5.74) is 0. The minimum Gasteiger partial charge on any atom is -0.371 e. The smallest absolute Gasteiger partial charge is 0.0965 e. The predicted octanol–water partition coefficient (Wildman–Crippen LogP) is 3.27. The Morgan fingerprint density at radius 1 is 0.867 bits per heavy atom. The van der Waals surface area contributed by atoms with Gasteiger partial charge in [0.2, 0.25) is 0 Å². The molecule has 0 amide bonds. The van der Waals surface area contributed by atoms with Crippen LogP contribution < -0.4 is 5.32 Å². The van der Waals surface area contributed by atoms with Crippen LogP contribution in [0.2, 0.25) is 0 Å². The Hall–Kier alpha value is -0.530. The number of hydrogen-bond donors (Lipinski definition) is 1. The molecule has 1 aliphatic carbocycles. The molecule has 0 spiro atoms. The van der Waals surface area contributed by atoms with Crippen molar-refractivity contribution in [3.63, 3.8) is 0 Å². The predicted molar refractivity (Wildman–Crippen MR) is 65.4 cm³/mol. The van der Waals surface area contributed by atoms with Gasteiger partial charge in [-0.05, 0) is 25.7 Å². The fourth-order valence-electron chi connectivity index (χ4n) is 2.65. The lowest BCUT2D eigenvalue weighted by molar-refractivity contribution is 0.425. The van der Waals surface area contributed by atoms with Crippen LogP contribution in [-0.2, 0) is 0 Å². The van der Waals surface area contributed by atoms with Gasteiger partial charge in [0.15, 0.2) is 0 Å². The van der Waals surface area contributed by atoms with E-state index in [4.69, 9.17) is 0 Å². The first kappa shape index (κ1) is 11.0. The number of nitrogens with zero attached hydrogens (tertiary/aromatic N) is 1. The van der Waals surface area contributed by atoms with Crippen molar-refractivity contribution in [1.29, 1.82) is 0 Å². The Bertz CT molecular complexity index is 203. The van der Waals surface area contributed by atoms with Crippen LogP contribution in [0.15, 0.2) is 4.99 Å². The maximum atomic E-state index is 4.58. The van der Waals surface area contributed by atoms with Gasteiger partial charge in [-0.2, -0.15) is 0 Å². The first-order valence-electron chi connectivity index (χ1n) is 6.75. The number of amidine groups is 1. The zero-order chi connectivity index (χ0) is 10.3. The van der Waals surface area contributed by atoms with Crippen molar-refractivity contribution in [2.75, 3.05) is 6.54 Å². The Morgan fingerprint density at radius 2 is 1.60 bits per heavy atom. The highest BCUT2D eigenvalue weighted by atomic mass is 15.0. The molecule has 0 radical (unpaired) electrons. The average molecular weight is 208 g/mol. The van der Waals surface area contributed by atoms with Crippen LogP contribution in [0.3, 0.4) is 0 Å². The van der Waals surface area contributed by atoms with Crippen LogP contribution in [0.25, 0.3) is 0 Å². The second kappa shape index (κ2) is 6.14. The third-order valence-electron chi connectivity index (χ3n) is 3.60. The third-order valence-corrected chi connectivity index (χ3v) is 3.60. The summed E-state index contributed by atoms with van der Waals surface area (Å²) in [5, 5.41) is 3.68. The molecule has 0 aromatic rings. The Labute approximate surface area is 93.6 Å². The molecule has 15 heavy (non-hydrogen) atoms. The van der Waals surface area contributed by atoms with Crippen molar-refractivity contribution in [1.82, 2.24) is 5.32 Å². The summed E-state index contributed by atoms with van der Waals surface area (Å²) in [4.78, 5) is 4.58. The summed E-state index contributed by atoms with van der Waals surface area (Å²) in [6.07, 6.45) is 13.7. The zero-order valence-electron chi connectivity index (χ0n) is 9.80. The van der Waals surface area contributed by atoms with E-state index in [1.165, 1.54) is 70.0 Å². The molecule has 2 rings (SSSR count). The topological polar surface area (TPSA) is 24.4 Å². The van der Waals surface area contributed by atoms with E-state index in [0.717, 1.165) is 12.6 Å². The summed E-state index contributed by atoms with van der Waals surface area (Å²) in [6, 6.07) is 0.724. The molecule has 2 nitrogen and oxygen atoms in total. The molecule has 0 saturated heterocycles. The zero-order valence-corrected chi connectivity index (χ0v) is 9.80. The number of aliphatic imine (C=N–C) groups is 1. The first-order valence-corrected chi connectivity index (χ1v) is 6.75.